The lowest BCUT2D eigenvalue weighted by molar-refractivity contribution is 0.0697. The molecule has 104 valence electrons. The van der Waals surface area contributed by atoms with Crippen LogP contribution in [0.25, 0.3) is 0 Å². The third-order valence-electron chi connectivity index (χ3n) is 3.13. The molecule has 0 aromatic heterocycles. The monoisotopic (exact) mass is 271 g/mol. The third kappa shape index (κ3) is 3.36. The zero-order valence-electron chi connectivity index (χ0n) is 11.3. The molecule has 0 bridgehead atoms. The van der Waals surface area contributed by atoms with E-state index < -0.39 is 5.97 Å². The number of hydrogen-bond acceptors (Lipinski definition) is 3. The molecule has 0 amide bonds. The first-order chi connectivity index (χ1) is 9.60. The van der Waals surface area contributed by atoms with Gasteiger partial charge in [-0.15, -0.1) is 0 Å². The van der Waals surface area contributed by atoms with E-state index in [9.17, 15) is 4.79 Å². The zero-order chi connectivity index (χ0) is 14.5. The predicted octanol–water partition coefficient (Wildman–Crippen LogP) is 2.80. The number of carbonyl (C=O) groups is 1. The Kier molecular flexibility index (Phi) is 4.38. The molecule has 0 aliphatic rings. The minimum absolute atomic E-state index is 0.0280. The molecule has 0 fully saturated rings. The molecule has 0 radical (unpaired) electrons. The summed E-state index contributed by atoms with van der Waals surface area (Å²) in [6.07, 6.45) is 0. The highest BCUT2D eigenvalue weighted by Crippen LogP contribution is 2.18. The van der Waals surface area contributed by atoms with E-state index >= 15 is 0 Å². The number of rotatable bonds is 5. The number of aliphatic hydroxyl groups excluding tert-OH is 1. The topological polar surface area (TPSA) is 69.6 Å². The Morgan fingerprint density at radius 3 is 2.55 bits per heavy atom. The van der Waals surface area contributed by atoms with E-state index in [4.69, 9.17) is 10.2 Å². The van der Waals surface area contributed by atoms with Crippen molar-refractivity contribution < 1.29 is 15.0 Å². The summed E-state index contributed by atoms with van der Waals surface area (Å²) in [4.78, 5) is 10.9. The number of benzene rings is 2. The van der Waals surface area contributed by atoms with E-state index in [0.717, 1.165) is 22.4 Å². The van der Waals surface area contributed by atoms with E-state index in [1.807, 2.05) is 31.2 Å². The molecule has 0 spiro atoms. The predicted molar refractivity (Wildman–Crippen MR) is 77.8 cm³/mol. The van der Waals surface area contributed by atoms with Crippen LogP contribution < -0.4 is 5.32 Å². The van der Waals surface area contributed by atoms with Crippen molar-refractivity contribution in [1.29, 1.82) is 0 Å². The highest BCUT2D eigenvalue weighted by molar-refractivity contribution is 5.88. The SMILES string of the molecule is Cc1cc(C(=O)O)ccc1NCc1cccc(CO)c1. The zero-order valence-corrected chi connectivity index (χ0v) is 11.3. The average Bonchev–Trinajstić information content (AvgIpc) is 2.46. The Morgan fingerprint density at radius 2 is 1.90 bits per heavy atom. The standard InChI is InChI=1S/C16H17NO3/c1-11-7-14(16(19)20)5-6-15(11)17-9-12-3-2-4-13(8-12)10-18/h2-8,17-18H,9-10H2,1H3,(H,19,20). The van der Waals surface area contributed by atoms with Crippen LogP contribution >= 0.6 is 0 Å². The van der Waals surface area contributed by atoms with Gasteiger partial charge in [-0.2, -0.15) is 0 Å². The van der Waals surface area contributed by atoms with Gasteiger partial charge in [-0.25, -0.2) is 4.79 Å². The van der Waals surface area contributed by atoms with E-state index in [0.29, 0.717) is 6.54 Å². The van der Waals surface area contributed by atoms with Gasteiger partial charge in [-0.1, -0.05) is 24.3 Å². The van der Waals surface area contributed by atoms with Gasteiger partial charge >= 0.3 is 5.97 Å². The molecule has 2 aromatic carbocycles. The lowest BCUT2D eigenvalue weighted by Gasteiger charge is -2.11. The van der Waals surface area contributed by atoms with Gasteiger partial charge in [-0.3, -0.25) is 0 Å². The maximum absolute atomic E-state index is 10.9. The Morgan fingerprint density at radius 1 is 1.15 bits per heavy atom. The molecule has 0 aliphatic carbocycles. The van der Waals surface area contributed by atoms with E-state index in [-0.39, 0.29) is 12.2 Å². The van der Waals surface area contributed by atoms with Crippen LogP contribution in [-0.4, -0.2) is 16.2 Å². The minimum Gasteiger partial charge on any atom is -0.478 e. The number of carboxylic acids is 1. The molecule has 0 heterocycles. The van der Waals surface area contributed by atoms with Crippen LogP contribution in [0.3, 0.4) is 0 Å². The van der Waals surface area contributed by atoms with Crippen LogP contribution in [0.1, 0.15) is 27.0 Å². The van der Waals surface area contributed by atoms with Gasteiger partial charge in [0.2, 0.25) is 0 Å². The second kappa shape index (κ2) is 6.21. The lowest BCUT2D eigenvalue weighted by atomic mass is 10.1. The summed E-state index contributed by atoms with van der Waals surface area (Å²) in [5.74, 6) is -0.921. The van der Waals surface area contributed by atoms with Crippen LogP contribution in [0.5, 0.6) is 0 Å². The fraction of sp³-hybridized carbons (Fsp3) is 0.188. The largest absolute Gasteiger partial charge is 0.478 e. The fourth-order valence-electron chi connectivity index (χ4n) is 2.03. The van der Waals surface area contributed by atoms with Crippen molar-refractivity contribution >= 4 is 11.7 Å². The normalized spacial score (nSPS) is 10.3. The molecule has 2 aromatic rings. The Labute approximate surface area is 117 Å². The molecule has 2 rings (SSSR count). The van der Waals surface area contributed by atoms with Gasteiger partial charge in [0, 0.05) is 12.2 Å². The lowest BCUT2D eigenvalue weighted by Crippen LogP contribution is -2.03. The molecular formula is C16H17NO3. The summed E-state index contributed by atoms with van der Waals surface area (Å²) >= 11 is 0. The molecule has 0 atom stereocenters. The molecular weight excluding hydrogens is 254 g/mol. The Balaban J connectivity index is 2.08. The molecule has 0 saturated carbocycles. The first-order valence-electron chi connectivity index (χ1n) is 6.36. The van der Waals surface area contributed by atoms with Crippen molar-refractivity contribution in [2.75, 3.05) is 5.32 Å². The first-order valence-corrected chi connectivity index (χ1v) is 6.36. The second-order valence-corrected chi connectivity index (χ2v) is 4.67. The third-order valence-corrected chi connectivity index (χ3v) is 3.13. The maximum atomic E-state index is 10.9. The molecule has 0 unspecified atom stereocenters. The van der Waals surface area contributed by atoms with E-state index in [2.05, 4.69) is 5.32 Å². The van der Waals surface area contributed by atoms with Crippen molar-refractivity contribution in [3.05, 3.63) is 64.7 Å². The summed E-state index contributed by atoms with van der Waals surface area (Å²) in [6, 6.07) is 12.7. The summed E-state index contributed by atoms with van der Waals surface area (Å²) in [5.41, 5.74) is 4.03. The van der Waals surface area contributed by atoms with Crippen LogP contribution in [0.15, 0.2) is 42.5 Å². The average molecular weight is 271 g/mol. The van der Waals surface area contributed by atoms with Gasteiger partial charge in [0.15, 0.2) is 0 Å². The van der Waals surface area contributed by atoms with Crippen molar-refractivity contribution in [3.8, 4) is 0 Å². The first kappa shape index (κ1) is 14.1. The Hall–Kier alpha value is -2.33. The summed E-state index contributed by atoms with van der Waals surface area (Å²) in [6.45, 7) is 2.53. The highest BCUT2D eigenvalue weighted by Gasteiger charge is 2.05. The van der Waals surface area contributed by atoms with Crippen molar-refractivity contribution in [2.24, 2.45) is 0 Å². The summed E-state index contributed by atoms with van der Waals surface area (Å²) in [7, 11) is 0. The summed E-state index contributed by atoms with van der Waals surface area (Å²) in [5, 5.41) is 21.3. The number of hydrogen-bond donors (Lipinski definition) is 3. The molecule has 0 aliphatic heterocycles. The molecule has 4 heteroatoms. The number of anilines is 1. The van der Waals surface area contributed by atoms with Crippen molar-refractivity contribution in [2.45, 2.75) is 20.1 Å². The van der Waals surface area contributed by atoms with Crippen LogP contribution in [0, 0.1) is 6.92 Å². The van der Waals surface area contributed by atoms with Crippen molar-refractivity contribution in [3.63, 3.8) is 0 Å². The van der Waals surface area contributed by atoms with E-state index in [1.54, 1.807) is 18.2 Å². The number of aliphatic hydroxyl groups is 1. The van der Waals surface area contributed by atoms with Crippen LogP contribution in [0.2, 0.25) is 0 Å². The molecule has 0 saturated heterocycles. The van der Waals surface area contributed by atoms with Gasteiger partial charge in [0.25, 0.3) is 0 Å². The number of carboxylic acid groups (broad SMARTS) is 1. The Bertz CT molecular complexity index is 623. The molecule has 20 heavy (non-hydrogen) atoms. The van der Waals surface area contributed by atoms with E-state index in [1.165, 1.54) is 0 Å². The van der Waals surface area contributed by atoms with Gasteiger partial charge in [-0.05, 0) is 41.8 Å². The molecule has 4 nitrogen and oxygen atoms in total. The van der Waals surface area contributed by atoms with Crippen LogP contribution in [0.4, 0.5) is 5.69 Å². The van der Waals surface area contributed by atoms with Crippen molar-refractivity contribution in [1.82, 2.24) is 0 Å². The summed E-state index contributed by atoms with van der Waals surface area (Å²) < 4.78 is 0. The maximum Gasteiger partial charge on any atom is 0.335 e. The fourth-order valence-corrected chi connectivity index (χ4v) is 2.03. The highest BCUT2D eigenvalue weighted by atomic mass is 16.4. The quantitative estimate of drug-likeness (QED) is 0.782. The number of nitrogens with one attached hydrogen (secondary N) is 1. The van der Waals surface area contributed by atoms with Gasteiger partial charge in [0.05, 0.1) is 12.2 Å². The number of aryl methyl sites for hydroxylation is 1. The molecule has 3 N–H and O–H groups in total. The minimum atomic E-state index is -0.921. The van der Waals surface area contributed by atoms with Crippen LogP contribution in [-0.2, 0) is 13.2 Å². The smallest absolute Gasteiger partial charge is 0.335 e. The second-order valence-electron chi connectivity index (χ2n) is 4.67. The number of aromatic carboxylic acids is 1. The van der Waals surface area contributed by atoms with Gasteiger partial charge < -0.3 is 15.5 Å². The van der Waals surface area contributed by atoms with Gasteiger partial charge in [0.1, 0.15) is 0 Å².